The van der Waals surface area contributed by atoms with Crippen LogP contribution in [-0.4, -0.2) is 30.2 Å². The van der Waals surface area contributed by atoms with E-state index in [2.05, 4.69) is 10.6 Å². The molecule has 7 heteroatoms. The summed E-state index contributed by atoms with van der Waals surface area (Å²) >= 11 is 7.35. The number of hydrogen-bond donors (Lipinski definition) is 3. The molecule has 0 bridgehead atoms. The lowest BCUT2D eigenvalue weighted by Gasteiger charge is -2.06. The average Bonchev–Trinajstić information content (AvgIpc) is 2.83. The number of unbranched alkanes of at least 4 members (excludes halogenated alkanes) is 3. The molecular formula is C14H21ClN2O3S. The molecule has 0 aliphatic heterocycles. The monoisotopic (exact) mass is 332 g/mol. The Labute approximate surface area is 133 Å². The topological polar surface area (TPSA) is 78.4 Å². The summed E-state index contributed by atoms with van der Waals surface area (Å²) in [5.41, 5.74) is 0. The van der Waals surface area contributed by atoms with E-state index >= 15 is 0 Å². The maximum atomic E-state index is 11.5. The van der Waals surface area contributed by atoms with E-state index in [0.717, 1.165) is 34.9 Å². The van der Waals surface area contributed by atoms with Crippen LogP contribution in [0.15, 0.2) is 12.1 Å². The van der Waals surface area contributed by atoms with Crippen LogP contribution >= 0.6 is 22.9 Å². The highest BCUT2D eigenvalue weighted by molar-refractivity contribution is 7.16. The summed E-state index contributed by atoms with van der Waals surface area (Å²) in [7, 11) is 0. The van der Waals surface area contributed by atoms with E-state index < -0.39 is 5.97 Å². The predicted molar refractivity (Wildman–Crippen MR) is 85.2 cm³/mol. The van der Waals surface area contributed by atoms with Crippen molar-refractivity contribution < 1.29 is 14.7 Å². The highest BCUT2D eigenvalue weighted by atomic mass is 35.5. The highest BCUT2D eigenvalue weighted by Crippen LogP contribution is 2.21. The van der Waals surface area contributed by atoms with E-state index in [0.29, 0.717) is 19.5 Å². The molecule has 5 nitrogen and oxygen atoms in total. The third kappa shape index (κ3) is 9.31. The van der Waals surface area contributed by atoms with Crippen molar-refractivity contribution in [3.63, 3.8) is 0 Å². The zero-order valence-corrected chi connectivity index (χ0v) is 13.4. The minimum atomic E-state index is -0.750. The first kappa shape index (κ1) is 17.8. The molecule has 1 rings (SSSR count). The van der Waals surface area contributed by atoms with Gasteiger partial charge in [0.25, 0.3) is 0 Å². The molecule has 0 unspecified atom stereocenters. The number of halogens is 1. The summed E-state index contributed by atoms with van der Waals surface area (Å²) in [5.74, 6) is -0.750. The molecule has 0 aliphatic carbocycles. The number of hydrogen-bond acceptors (Lipinski definition) is 3. The van der Waals surface area contributed by atoms with Crippen molar-refractivity contribution in [1.29, 1.82) is 0 Å². The first-order valence-electron chi connectivity index (χ1n) is 7.05. The van der Waals surface area contributed by atoms with Crippen LogP contribution in [0.4, 0.5) is 4.79 Å². The van der Waals surface area contributed by atoms with Crippen LogP contribution in [0, 0.1) is 0 Å². The number of urea groups is 1. The number of carboxylic acids is 1. The fraction of sp³-hybridized carbons (Fsp3) is 0.571. The van der Waals surface area contributed by atoms with Gasteiger partial charge in [-0.1, -0.05) is 24.4 Å². The van der Waals surface area contributed by atoms with E-state index in [9.17, 15) is 9.59 Å². The van der Waals surface area contributed by atoms with Crippen molar-refractivity contribution in [3.05, 3.63) is 21.3 Å². The van der Waals surface area contributed by atoms with Crippen molar-refractivity contribution in [2.24, 2.45) is 0 Å². The van der Waals surface area contributed by atoms with Crippen molar-refractivity contribution in [2.45, 2.75) is 38.5 Å². The molecule has 1 heterocycles. The summed E-state index contributed by atoms with van der Waals surface area (Å²) < 4.78 is 0.761. The van der Waals surface area contributed by atoms with E-state index in [1.165, 1.54) is 11.3 Å². The van der Waals surface area contributed by atoms with Crippen LogP contribution in [0.1, 0.15) is 37.0 Å². The molecule has 0 aliphatic rings. The third-order valence-electron chi connectivity index (χ3n) is 2.89. The van der Waals surface area contributed by atoms with Gasteiger partial charge in [-0.2, -0.15) is 0 Å². The summed E-state index contributed by atoms with van der Waals surface area (Å²) in [6, 6.07) is 3.65. The number of rotatable bonds is 10. The number of nitrogens with one attached hydrogen (secondary N) is 2. The Balaban J connectivity index is 1.93. The molecule has 0 fully saturated rings. The van der Waals surface area contributed by atoms with Crippen LogP contribution < -0.4 is 10.6 Å². The van der Waals surface area contributed by atoms with Gasteiger partial charge in [-0.3, -0.25) is 4.79 Å². The van der Waals surface area contributed by atoms with Gasteiger partial charge in [-0.05, 0) is 31.4 Å². The molecule has 0 aromatic carbocycles. The van der Waals surface area contributed by atoms with E-state index in [1.807, 2.05) is 12.1 Å². The summed E-state index contributed by atoms with van der Waals surface area (Å²) in [4.78, 5) is 23.0. The molecule has 1 aromatic rings. The Hall–Kier alpha value is -1.27. The summed E-state index contributed by atoms with van der Waals surface area (Å²) in [6.45, 7) is 1.20. The standard InChI is InChI=1S/C14H21ClN2O3S/c15-12-7-6-11(21-12)8-10-17-14(20)16-9-4-2-1-3-5-13(18)19/h6-7H,1-5,8-10H2,(H,18,19)(H2,16,17,20). The van der Waals surface area contributed by atoms with Gasteiger partial charge in [0.2, 0.25) is 0 Å². The molecule has 118 valence electrons. The molecular weight excluding hydrogens is 312 g/mol. The number of carbonyl (C=O) groups is 2. The normalized spacial score (nSPS) is 10.3. The number of amides is 2. The molecule has 21 heavy (non-hydrogen) atoms. The molecule has 0 saturated heterocycles. The minimum Gasteiger partial charge on any atom is -0.481 e. The zero-order valence-electron chi connectivity index (χ0n) is 11.9. The maximum Gasteiger partial charge on any atom is 0.314 e. The SMILES string of the molecule is O=C(O)CCCCCCNC(=O)NCCc1ccc(Cl)s1. The zero-order chi connectivity index (χ0) is 15.5. The second kappa shape index (κ2) is 10.5. The van der Waals surface area contributed by atoms with E-state index in [1.54, 1.807) is 0 Å². The lowest BCUT2D eigenvalue weighted by molar-refractivity contribution is -0.137. The van der Waals surface area contributed by atoms with Crippen LogP contribution in [0.5, 0.6) is 0 Å². The third-order valence-corrected chi connectivity index (χ3v) is 4.18. The van der Waals surface area contributed by atoms with Crippen molar-refractivity contribution >= 4 is 34.9 Å². The van der Waals surface area contributed by atoms with Crippen LogP contribution in [-0.2, 0) is 11.2 Å². The smallest absolute Gasteiger partial charge is 0.314 e. The van der Waals surface area contributed by atoms with Gasteiger partial charge in [0.1, 0.15) is 0 Å². The molecule has 0 radical (unpaired) electrons. The van der Waals surface area contributed by atoms with Gasteiger partial charge >= 0.3 is 12.0 Å². The Bertz CT molecular complexity index is 451. The van der Waals surface area contributed by atoms with Crippen LogP contribution in [0.25, 0.3) is 0 Å². The van der Waals surface area contributed by atoms with Gasteiger partial charge in [0.05, 0.1) is 4.34 Å². The molecule has 0 spiro atoms. The van der Waals surface area contributed by atoms with E-state index in [4.69, 9.17) is 16.7 Å². The Morgan fingerprint density at radius 3 is 2.48 bits per heavy atom. The van der Waals surface area contributed by atoms with Gasteiger partial charge < -0.3 is 15.7 Å². The maximum absolute atomic E-state index is 11.5. The van der Waals surface area contributed by atoms with E-state index in [-0.39, 0.29) is 12.5 Å². The molecule has 2 amide bonds. The Morgan fingerprint density at radius 2 is 1.81 bits per heavy atom. The lowest BCUT2D eigenvalue weighted by Crippen LogP contribution is -2.37. The Morgan fingerprint density at radius 1 is 1.10 bits per heavy atom. The molecule has 0 saturated carbocycles. The molecule has 3 N–H and O–H groups in total. The highest BCUT2D eigenvalue weighted by Gasteiger charge is 2.01. The lowest BCUT2D eigenvalue weighted by atomic mass is 10.1. The predicted octanol–water partition coefficient (Wildman–Crippen LogP) is 3.28. The first-order chi connectivity index (χ1) is 10.1. The fourth-order valence-corrected chi connectivity index (χ4v) is 2.89. The van der Waals surface area contributed by atoms with Gasteiger partial charge in [0.15, 0.2) is 0 Å². The number of aliphatic carboxylic acids is 1. The average molecular weight is 333 g/mol. The quantitative estimate of drug-likeness (QED) is 0.575. The Kier molecular flexibility index (Phi) is 8.85. The summed E-state index contributed by atoms with van der Waals surface area (Å²) in [6.07, 6.45) is 4.38. The fourth-order valence-electron chi connectivity index (χ4n) is 1.80. The number of carbonyl (C=O) groups excluding carboxylic acids is 1. The van der Waals surface area contributed by atoms with Crippen molar-refractivity contribution in [2.75, 3.05) is 13.1 Å². The first-order valence-corrected chi connectivity index (χ1v) is 8.25. The van der Waals surface area contributed by atoms with Crippen molar-refractivity contribution in [1.82, 2.24) is 10.6 Å². The molecule has 0 atom stereocenters. The van der Waals surface area contributed by atoms with Crippen LogP contribution in [0.2, 0.25) is 4.34 Å². The summed E-state index contributed by atoms with van der Waals surface area (Å²) in [5, 5.41) is 14.1. The van der Waals surface area contributed by atoms with Gasteiger partial charge in [-0.25, -0.2) is 4.79 Å². The molecule has 1 aromatic heterocycles. The number of carboxylic acid groups (broad SMARTS) is 1. The van der Waals surface area contributed by atoms with Gasteiger partial charge in [-0.15, -0.1) is 11.3 Å². The minimum absolute atomic E-state index is 0.164. The van der Waals surface area contributed by atoms with Crippen LogP contribution in [0.3, 0.4) is 0 Å². The largest absolute Gasteiger partial charge is 0.481 e. The second-order valence-electron chi connectivity index (χ2n) is 4.70. The van der Waals surface area contributed by atoms with Gasteiger partial charge in [0, 0.05) is 24.4 Å². The second-order valence-corrected chi connectivity index (χ2v) is 6.50. The number of thiophene rings is 1. The van der Waals surface area contributed by atoms with Crippen molar-refractivity contribution in [3.8, 4) is 0 Å².